The number of hydrogen-bond donors (Lipinski definition) is 2. The zero-order chi connectivity index (χ0) is 15.0. The Hall–Kier alpha value is -1.89. The molecule has 2 aromatic rings. The van der Waals surface area contributed by atoms with Crippen LogP contribution in [0.3, 0.4) is 0 Å². The minimum absolute atomic E-state index is 0.138. The average molecular weight is 306 g/mol. The van der Waals surface area contributed by atoms with Crippen LogP contribution < -0.4 is 5.73 Å². The highest BCUT2D eigenvalue weighted by molar-refractivity contribution is 7.91. The molecule has 1 fully saturated rings. The molecule has 1 atom stereocenters. The van der Waals surface area contributed by atoms with Gasteiger partial charge >= 0.3 is 0 Å². The van der Waals surface area contributed by atoms with E-state index in [1.165, 1.54) is 0 Å². The van der Waals surface area contributed by atoms with Gasteiger partial charge in [-0.15, -0.1) is 0 Å². The van der Waals surface area contributed by atoms with Crippen molar-refractivity contribution in [3.8, 4) is 11.4 Å². The Morgan fingerprint density at radius 3 is 2.90 bits per heavy atom. The molecule has 112 valence electrons. The van der Waals surface area contributed by atoms with E-state index in [0.717, 1.165) is 17.0 Å². The SMILES string of the molecule is Cc1ccc(-c2n[nH]c(CC3CCS(=O)(=O)C3)n2)cc1N. The standard InChI is InChI=1S/C14H18N4O2S/c1-9-2-3-11(7-12(9)15)14-16-13(17-18-14)6-10-4-5-21(19,20)8-10/h2-3,7,10H,4-6,8,15H2,1H3,(H,16,17,18). The summed E-state index contributed by atoms with van der Waals surface area (Å²) in [6, 6.07) is 5.71. The van der Waals surface area contributed by atoms with Crippen molar-refractivity contribution in [1.29, 1.82) is 0 Å². The second-order valence-corrected chi connectivity index (χ2v) is 7.88. The second-order valence-electron chi connectivity index (χ2n) is 5.65. The number of nitrogen functional groups attached to an aromatic ring is 1. The van der Waals surface area contributed by atoms with E-state index in [2.05, 4.69) is 15.2 Å². The number of hydrogen-bond acceptors (Lipinski definition) is 5. The van der Waals surface area contributed by atoms with E-state index in [1.54, 1.807) is 0 Å². The number of benzene rings is 1. The van der Waals surface area contributed by atoms with Crippen molar-refractivity contribution in [2.45, 2.75) is 19.8 Å². The van der Waals surface area contributed by atoms with E-state index in [0.29, 0.717) is 24.4 Å². The minimum atomic E-state index is -2.85. The molecule has 0 amide bonds. The van der Waals surface area contributed by atoms with Gasteiger partial charge in [0.25, 0.3) is 0 Å². The summed E-state index contributed by atoms with van der Waals surface area (Å²) in [4.78, 5) is 4.45. The summed E-state index contributed by atoms with van der Waals surface area (Å²) in [5.74, 6) is 2.00. The fourth-order valence-electron chi connectivity index (χ4n) is 2.60. The van der Waals surface area contributed by atoms with Gasteiger partial charge in [-0.2, -0.15) is 5.10 Å². The Kier molecular flexibility index (Phi) is 3.44. The van der Waals surface area contributed by atoms with E-state index in [4.69, 9.17) is 5.73 Å². The zero-order valence-corrected chi connectivity index (χ0v) is 12.7. The number of sulfone groups is 1. The van der Waals surface area contributed by atoms with Crippen LogP contribution in [0.4, 0.5) is 5.69 Å². The maximum absolute atomic E-state index is 11.5. The van der Waals surface area contributed by atoms with Crippen molar-refractivity contribution in [3.05, 3.63) is 29.6 Å². The third kappa shape index (κ3) is 3.07. The lowest BCUT2D eigenvalue weighted by Crippen LogP contribution is -2.08. The summed E-state index contributed by atoms with van der Waals surface area (Å²) in [5.41, 5.74) is 8.48. The Bertz CT molecular complexity index is 767. The molecule has 7 heteroatoms. The number of H-pyrrole nitrogens is 1. The highest BCUT2D eigenvalue weighted by Gasteiger charge is 2.28. The Morgan fingerprint density at radius 2 is 2.24 bits per heavy atom. The first kappa shape index (κ1) is 14.1. The number of anilines is 1. The van der Waals surface area contributed by atoms with Crippen LogP contribution in [-0.2, 0) is 16.3 Å². The molecule has 6 nitrogen and oxygen atoms in total. The van der Waals surface area contributed by atoms with E-state index in [9.17, 15) is 8.42 Å². The lowest BCUT2D eigenvalue weighted by atomic mass is 10.1. The molecule has 3 rings (SSSR count). The predicted molar refractivity (Wildman–Crippen MR) is 81.4 cm³/mol. The molecule has 21 heavy (non-hydrogen) atoms. The molecule has 3 N–H and O–H groups in total. The molecule has 0 saturated carbocycles. The molecule has 2 heterocycles. The molecule has 1 saturated heterocycles. The number of rotatable bonds is 3. The topological polar surface area (TPSA) is 102 Å². The van der Waals surface area contributed by atoms with Gasteiger partial charge in [-0.25, -0.2) is 13.4 Å². The van der Waals surface area contributed by atoms with Crippen LogP contribution in [0.1, 0.15) is 17.8 Å². The number of nitrogens with one attached hydrogen (secondary N) is 1. The average Bonchev–Trinajstić information content (AvgIpc) is 3.00. The summed E-state index contributed by atoms with van der Waals surface area (Å²) < 4.78 is 22.9. The molecule has 0 spiro atoms. The summed E-state index contributed by atoms with van der Waals surface area (Å²) in [5, 5.41) is 7.09. The van der Waals surface area contributed by atoms with Gasteiger partial charge in [0.2, 0.25) is 0 Å². The normalized spacial score (nSPS) is 20.7. The lowest BCUT2D eigenvalue weighted by Gasteiger charge is -2.03. The first-order chi connectivity index (χ1) is 9.93. The molecular weight excluding hydrogens is 288 g/mol. The Labute approximate surface area is 123 Å². The van der Waals surface area contributed by atoms with Crippen molar-refractivity contribution >= 4 is 15.5 Å². The largest absolute Gasteiger partial charge is 0.398 e. The third-order valence-electron chi connectivity index (χ3n) is 3.88. The lowest BCUT2D eigenvalue weighted by molar-refractivity contribution is 0.570. The van der Waals surface area contributed by atoms with Gasteiger partial charge in [0.05, 0.1) is 11.5 Å². The van der Waals surface area contributed by atoms with Crippen molar-refractivity contribution in [1.82, 2.24) is 15.2 Å². The van der Waals surface area contributed by atoms with Gasteiger partial charge < -0.3 is 5.73 Å². The maximum Gasteiger partial charge on any atom is 0.181 e. The van der Waals surface area contributed by atoms with E-state index in [1.807, 2.05) is 25.1 Å². The number of nitrogens with two attached hydrogens (primary N) is 1. The molecule has 1 aliphatic heterocycles. The molecule has 1 unspecified atom stereocenters. The van der Waals surface area contributed by atoms with Gasteiger partial charge in [-0.05, 0) is 30.9 Å². The first-order valence-corrected chi connectivity index (χ1v) is 8.73. The zero-order valence-electron chi connectivity index (χ0n) is 11.8. The number of aryl methyl sites for hydroxylation is 1. The van der Waals surface area contributed by atoms with Gasteiger partial charge in [-0.1, -0.05) is 12.1 Å². The molecule has 1 aliphatic rings. The highest BCUT2D eigenvalue weighted by atomic mass is 32.2. The summed E-state index contributed by atoms with van der Waals surface area (Å²) >= 11 is 0. The third-order valence-corrected chi connectivity index (χ3v) is 5.71. The fraction of sp³-hybridized carbons (Fsp3) is 0.429. The smallest absolute Gasteiger partial charge is 0.181 e. The Balaban J connectivity index is 1.76. The van der Waals surface area contributed by atoms with E-state index < -0.39 is 9.84 Å². The molecular formula is C14H18N4O2S. The molecule has 1 aromatic heterocycles. The number of aromatic amines is 1. The van der Waals surface area contributed by atoms with Gasteiger partial charge in [-0.3, -0.25) is 5.10 Å². The van der Waals surface area contributed by atoms with Crippen molar-refractivity contribution < 1.29 is 8.42 Å². The summed E-state index contributed by atoms with van der Waals surface area (Å²) in [6.45, 7) is 1.95. The molecule has 0 radical (unpaired) electrons. The van der Waals surface area contributed by atoms with E-state index >= 15 is 0 Å². The van der Waals surface area contributed by atoms with Gasteiger partial charge in [0, 0.05) is 17.7 Å². The number of nitrogens with zero attached hydrogens (tertiary/aromatic N) is 2. The molecule has 1 aromatic carbocycles. The molecule has 0 bridgehead atoms. The van der Waals surface area contributed by atoms with Crippen LogP contribution in [0, 0.1) is 12.8 Å². The highest BCUT2D eigenvalue weighted by Crippen LogP contribution is 2.24. The van der Waals surface area contributed by atoms with Crippen molar-refractivity contribution in [3.63, 3.8) is 0 Å². The van der Waals surface area contributed by atoms with Crippen LogP contribution in [0.5, 0.6) is 0 Å². The molecule has 0 aliphatic carbocycles. The first-order valence-electron chi connectivity index (χ1n) is 6.91. The second kappa shape index (κ2) is 5.14. The van der Waals surface area contributed by atoms with Crippen LogP contribution in [0.25, 0.3) is 11.4 Å². The van der Waals surface area contributed by atoms with Crippen LogP contribution in [-0.4, -0.2) is 35.1 Å². The monoisotopic (exact) mass is 306 g/mol. The van der Waals surface area contributed by atoms with Gasteiger partial charge in [0.15, 0.2) is 15.7 Å². The summed E-state index contributed by atoms with van der Waals surface area (Å²) in [7, 11) is -2.85. The quantitative estimate of drug-likeness (QED) is 0.833. The Morgan fingerprint density at radius 1 is 1.43 bits per heavy atom. The van der Waals surface area contributed by atoms with Gasteiger partial charge in [0.1, 0.15) is 5.82 Å². The van der Waals surface area contributed by atoms with Crippen molar-refractivity contribution in [2.24, 2.45) is 5.92 Å². The fourth-order valence-corrected chi connectivity index (χ4v) is 4.46. The van der Waals surface area contributed by atoms with Crippen molar-refractivity contribution in [2.75, 3.05) is 17.2 Å². The summed E-state index contributed by atoms with van der Waals surface area (Å²) in [6.07, 6.45) is 1.32. The predicted octanol–water partition coefficient (Wildman–Crippen LogP) is 1.34. The number of aromatic nitrogens is 3. The van der Waals surface area contributed by atoms with Crippen LogP contribution in [0.2, 0.25) is 0 Å². The minimum Gasteiger partial charge on any atom is -0.398 e. The van der Waals surface area contributed by atoms with Crippen LogP contribution in [0.15, 0.2) is 18.2 Å². The van der Waals surface area contributed by atoms with Crippen LogP contribution >= 0.6 is 0 Å². The maximum atomic E-state index is 11.5. The van der Waals surface area contributed by atoms with E-state index in [-0.39, 0.29) is 17.4 Å².